The zero-order valence-electron chi connectivity index (χ0n) is 12.3. The van der Waals surface area contributed by atoms with Crippen molar-refractivity contribution in [2.75, 3.05) is 13.1 Å². The van der Waals surface area contributed by atoms with Gasteiger partial charge in [0.25, 0.3) is 0 Å². The summed E-state index contributed by atoms with van der Waals surface area (Å²) >= 11 is 1.62. The summed E-state index contributed by atoms with van der Waals surface area (Å²) in [4.78, 5) is 11.7. The molecule has 2 amide bonds. The highest BCUT2D eigenvalue weighted by molar-refractivity contribution is 7.07. The van der Waals surface area contributed by atoms with E-state index in [2.05, 4.69) is 10.6 Å². The average molecular weight is 322 g/mol. The van der Waals surface area contributed by atoms with E-state index in [9.17, 15) is 14.3 Å². The van der Waals surface area contributed by atoms with Gasteiger partial charge in [0.1, 0.15) is 11.4 Å². The SMILES string of the molecule is C[C@@](O)(CNC(=O)NCCc1ccsc1)c1ccc(F)cc1. The van der Waals surface area contributed by atoms with Gasteiger partial charge in [-0.1, -0.05) is 12.1 Å². The molecular weight excluding hydrogens is 303 g/mol. The highest BCUT2D eigenvalue weighted by atomic mass is 32.1. The molecule has 0 radical (unpaired) electrons. The molecule has 1 aromatic carbocycles. The summed E-state index contributed by atoms with van der Waals surface area (Å²) in [6.07, 6.45) is 0.769. The molecule has 0 aliphatic heterocycles. The van der Waals surface area contributed by atoms with Gasteiger partial charge in [0, 0.05) is 6.54 Å². The molecule has 0 saturated heterocycles. The number of carbonyl (C=O) groups is 1. The minimum absolute atomic E-state index is 0.0446. The van der Waals surface area contributed by atoms with Gasteiger partial charge in [-0.2, -0.15) is 11.3 Å². The largest absolute Gasteiger partial charge is 0.384 e. The molecule has 1 atom stereocenters. The maximum atomic E-state index is 12.9. The van der Waals surface area contributed by atoms with Crippen molar-refractivity contribution in [2.45, 2.75) is 18.9 Å². The standard InChI is InChI=1S/C16H19FN2O2S/c1-16(21,13-2-4-14(17)5-3-13)11-19-15(20)18-8-6-12-7-9-22-10-12/h2-5,7,9-10,21H,6,8,11H2,1H3,(H2,18,19,20)/t16-/m1/s1. The lowest BCUT2D eigenvalue weighted by Crippen LogP contribution is -2.43. The van der Waals surface area contributed by atoms with E-state index in [0.29, 0.717) is 12.1 Å². The lowest BCUT2D eigenvalue weighted by atomic mass is 9.96. The predicted octanol–water partition coefficient (Wildman–Crippen LogP) is 2.64. The summed E-state index contributed by atoms with van der Waals surface area (Å²) in [6, 6.07) is 7.26. The van der Waals surface area contributed by atoms with Crippen LogP contribution in [0, 0.1) is 5.82 Å². The number of benzene rings is 1. The van der Waals surface area contributed by atoms with Crippen molar-refractivity contribution in [1.29, 1.82) is 0 Å². The van der Waals surface area contributed by atoms with Gasteiger partial charge >= 0.3 is 6.03 Å². The first-order chi connectivity index (χ1) is 10.5. The smallest absolute Gasteiger partial charge is 0.314 e. The fraction of sp³-hybridized carbons (Fsp3) is 0.312. The van der Waals surface area contributed by atoms with Gasteiger partial charge in [0.2, 0.25) is 0 Å². The fourth-order valence-electron chi connectivity index (χ4n) is 1.98. The molecule has 1 aromatic heterocycles. The van der Waals surface area contributed by atoms with Crippen LogP contribution < -0.4 is 10.6 Å². The van der Waals surface area contributed by atoms with Gasteiger partial charge < -0.3 is 15.7 Å². The number of rotatable bonds is 6. The van der Waals surface area contributed by atoms with Crippen LogP contribution in [0.5, 0.6) is 0 Å². The Bertz CT molecular complexity index is 597. The number of thiophene rings is 1. The van der Waals surface area contributed by atoms with E-state index >= 15 is 0 Å². The minimum atomic E-state index is -1.25. The Balaban J connectivity index is 1.76. The Morgan fingerprint density at radius 1 is 1.27 bits per heavy atom. The van der Waals surface area contributed by atoms with Gasteiger partial charge in [-0.25, -0.2) is 9.18 Å². The number of carbonyl (C=O) groups excluding carboxylic acids is 1. The second kappa shape index (κ2) is 7.38. The van der Waals surface area contributed by atoms with Crippen LogP contribution in [-0.4, -0.2) is 24.2 Å². The quantitative estimate of drug-likeness (QED) is 0.765. The number of hydrogen-bond donors (Lipinski definition) is 3. The van der Waals surface area contributed by atoms with Crippen LogP contribution in [0.15, 0.2) is 41.1 Å². The summed E-state index contributed by atoms with van der Waals surface area (Å²) in [6.45, 7) is 2.15. The Hall–Kier alpha value is -1.92. The van der Waals surface area contributed by atoms with Crippen LogP contribution in [-0.2, 0) is 12.0 Å². The number of halogens is 1. The monoisotopic (exact) mass is 322 g/mol. The third-order valence-corrected chi connectivity index (χ3v) is 4.07. The van der Waals surface area contributed by atoms with Crippen LogP contribution >= 0.6 is 11.3 Å². The van der Waals surface area contributed by atoms with E-state index in [1.54, 1.807) is 18.3 Å². The Labute approximate surface area is 133 Å². The molecule has 1 heterocycles. The molecule has 118 valence electrons. The Morgan fingerprint density at radius 3 is 2.64 bits per heavy atom. The van der Waals surface area contributed by atoms with Crippen LogP contribution in [0.3, 0.4) is 0 Å². The van der Waals surface area contributed by atoms with Crippen molar-refractivity contribution in [2.24, 2.45) is 0 Å². The number of amides is 2. The van der Waals surface area contributed by atoms with Crippen molar-refractivity contribution in [3.63, 3.8) is 0 Å². The first kappa shape index (κ1) is 16.5. The summed E-state index contributed by atoms with van der Waals surface area (Å²) in [7, 11) is 0. The molecule has 0 bridgehead atoms. The third-order valence-electron chi connectivity index (χ3n) is 3.34. The Morgan fingerprint density at radius 2 is 2.00 bits per heavy atom. The predicted molar refractivity (Wildman–Crippen MR) is 85.4 cm³/mol. The normalized spacial score (nSPS) is 13.4. The van der Waals surface area contributed by atoms with Crippen molar-refractivity contribution in [3.8, 4) is 0 Å². The molecule has 0 spiro atoms. The van der Waals surface area contributed by atoms with Gasteiger partial charge in [-0.3, -0.25) is 0 Å². The van der Waals surface area contributed by atoms with E-state index in [1.165, 1.54) is 29.8 Å². The van der Waals surface area contributed by atoms with Crippen molar-refractivity contribution in [3.05, 3.63) is 58.0 Å². The first-order valence-electron chi connectivity index (χ1n) is 6.98. The third kappa shape index (κ3) is 4.82. The molecule has 0 aliphatic rings. The molecule has 0 saturated carbocycles. The van der Waals surface area contributed by atoms with Crippen LogP contribution in [0.25, 0.3) is 0 Å². The molecule has 0 aliphatic carbocycles. The van der Waals surface area contributed by atoms with Crippen molar-refractivity contribution in [1.82, 2.24) is 10.6 Å². The van der Waals surface area contributed by atoms with E-state index in [1.807, 2.05) is 16.8 Å². The second-order valence-corrected chi connectivity index (χ2v) is 6.05. The number of urea groups is 1. The average Bonchev–Trinajstić information content (AvgIpc) is 2.99. The maximum absolute atomic E-state index is 12.9. The lowest BCUT2D eigenvalue weighted by Gasteiger charge is -2.24. The number of hydrogen-bond acceptors (Lipinski definition) is 3. The lowest BCUT2D eigenvalue weighted by molar-refractivity contribution is 0.0593. The van der Waals surface area contributed by atoms with Crippen LogP contribution in [0.4, 0.5) is 9.18 Å². The molecule has 0 fully saturated rings. The molecule has 2 rings (SSSR count). The molecule has 2 aromatic rings. The van der Waals surface area contributed by atoms with E-state index < -0.39 is 5.60 Å². The molecule has 0 unspecified atom stereocenters. The van der Waals surface area contributed by atoms with Gasteiger partial charge in [-0.05, 0) is 53.4 Å². The van der Waals surface area contributed by atoms with E-state index in [0.717, 1.165) is 6.42 Å². The second-order valence-electron chi connectivity index (χ2n) is 5.27. The fourth-order valence-corrected chi connectivity index (χ4v) is 2.68. The molecule has 3 N–H and O–H groups in total. The van der Waals surface area contributed by atoms with Gasteiger partial charge in [-0.15, -0.1) is 0 Å². The van der Waals surface area contributed by atoms with E-state index in [-0.39, 0.29) is 18.4 Å². The van der Waals surface area contributed by atoms with Crippen molar-refractivity contribution < 1.29 is 14.3 Å². The zero-order valence-corrected chi connectivity index (χ0v) is 13.1. The molecule has 22 heavy (non-hydrogen) atoms. The van der Waals surface area contributed by atoms with Crippen LogP contribution in [0.1, 0.15) is 18.1 Å². The number of aliphatic hydroxyl groups is 1. The Kier molecular flexibility index (Phi) is 5.51. The topological polar surface area (TPSA) is 61.4 Å². The van der Waals surface area contributed by atoms with E-state index in [4.69, 9.17) is 0 Å². The van der Waals surface area contributed by atoms with Gasteiger partial charge in [0.05, 0.1) is 6.54 Å². The maximum Gasteiger partial charge on any atom is 0.314 e. The first-order valence-corrected chi connectivity index (χ1v) is 7.93. The number of nitrogens with one attached hydrogen (secondary N) is 2. The molecular formula is C16H19FN2O2S. The summed E-state index contributed by atoms with van der Waals surface area (Å²) in [5, 5.41) is 19.7. The van der Waals surface area contributed by atoms with Crippen molar-refractivity contribution >= 4 is 17.4 Å². The summed E-state index contributed by atoms with van der Waals surface area (Å²) in [5.41, 5.74) is 0.481. The summed E-state index contributed by atoms with van der Waals surface area (Å²) < 4.78 is 12.9. The van der Waals surface area contributed by atoms with Gasteiger partial charge in [0.15, 0.2) is 0 Å². The molecule has 4 nitrogen and oxygen atoms in total. The summed E-state index contributed by atoms with van der Waals surface area (Å²) in [5.74, 6) is -0.362. The highest BCUT2D eigenvalue weighted by Gasteiger charge is 2.23. The minimum Gasteiger partial charge on any atom is -0.384 e. The molecule has 6 heteroatoms. The van der Waals surface area contributed by atoms with Crippen LogP contribution in [0.2, 0.25) is 0 Å². The highest BCUT2D eigenvalue weighted by Crippen LogP contribution is 2.19. The zero-order chi connectivity index (χ0) is 16.0.